The molecule has 1 aliphatic carbocycles. The van der Waals surface area contributed by atoms with Crippen molar-refractivity contribution in [1.82, 2.24) is 5.32 Å². The summed E-state index contributed by atoms with van der Waals surface area (Å²) in [7, 11) is 0. The molecule has 3 N–H and O–H groups in total. The van der Waals surface area contributed by atoms with Crippen molar-refractivity contribution in [2.45, 2.75) is 25.7 Å². The highest BCUT2D eigenvalue weighted by Gasteiger charge is 2.39. The molecule has 2 amide bonds. The number of anilines is 1. The molecule has 1 fully saturated rings. The standard InChI is InChI=1S/C14H16Cl2N2O3/c15-9-4-10(16)6-11(5-9)18-13(21)17-8-14(2-1-3-14)7-12(19)20/h4-6H,1-3,7-8H2,(H,19,20)(H2,17,18,21). The molecule has 0 saturated heterocycles. The van der Waals surface area contributed by atoms with Crippen LogP contribution in [0.4, 0.5) is 10.5 Å². The van der Waals surface area contributed by atoms with Crippen LogP contribution in [0.2, 0.25) is 10.0 Å². The molecule has 0 aromatic heterocycles. The molecule has 21 heavy (non-hydrogen) atoms. The van der Waals surface area contributed by atoms with Crippen molar-refractivity contribution in [2.24, 2.45) is 5.41 Å². The molecular formula is C14H16Cl2N2O3. The number of hydrogen-bond donors (Lipinski definition) is 3. The minimum atomic E-state index is -0.835. The molecule has 1 aromatic carbocycles. The number of hydrogen-bond acceptors (Lipinski definition) is 2. The molecule has 0 spiro atoms. The van der Waals surface area contributed by atoms with E-state index in [0.717, 1.165) is 19.3 Å². The van der Waals surface area contributed by atoms with E-state index in [1.807, 2.05) is 0 Å². The molecule has 0 heterocycles. The first-order valence-electron chi connectivity index (χ1n) is 6.61. The van der Waals surface area contributed by atoms with Crippen molar-refractivity contribution in [1.29, 1.82) is 0 Å². The van der Waals surface area contributed by atoms with E-state index >= 15 is 0 Å². The van der Waals surface area contributed by atoms with Gasteiger partial charge < -0.3 is 15.7 Å². The molecule has 1 aromatic rings. The van der Waals surface area contributed by atoms with E-state index in [4.69, 9.17) is 28.3 Å². The lowest BCUT2D eigenvalue weighted by Crippen LogP contribution is -2.44. The summed E-state index contributed by atoms with van der Waals surface area (Å²) in [6, 6.07) is 4.35. The van der Waals surface area contributed by atoms with Crippen LogP contribution in [0.5, 0.6) is 0 Å². The van der Waals surface area contributed by atoms with E-state index in [0.29, 0.717) is 22.3 Å². The number of urea groups is 1. The second-order valence-electron chi connectivity index (χ2n) is 5.39. The molecule has 0 aliphatic heterocycles. The van der Waals surface area contributed by atoms with Crippen LogP contribution in [0.25, 0.3) is 0 Å². The third kappa shape index (κ3) is 4.51. The number of carbonyl (C=O) groups excluding carboxylic acids is 1. The van der Waals surface area contributed by atoms with Crippen molar-refractivity contribution >= 4 is 40.9 Å². The van der Waals surface area contributed by atoms with E-state index in [2.05, 4.69) is 10.6 Å². The van der Waals surface area contributed by atoms with Crippen LogP contribution in [0.3, 0.4) is 0 Å². The molecule has 0 unspecified atom stereocenters. The van der Waals surface area contributed by atoms with Crippen LogP contribution >= 0.6 is 23.2 Å². The fourth-order valence-electron chi connectivity index (χ4n) is 2.48. The molecular weight excluding hydrogens is 315 g/mol. The smallest absolute Gasteiger partial charge is 0.319 e. The van der Waals surface area contributed by atoms with E-state index in [1.54, 1.807) is 18.2 Å². The predicted octanol–water partition coefficient (Wildman–Crippen LogP) is 3.76. The lowest BCUT2D eigenvalue weighted by molar-refractivity contribution is -0.141. The van der Waals surface area contributed by atoms with Crippen LogP contribution in [-0.4, -0.2) is 23.7 Å². The van der Waals surface area contributed by atoms with E-state index in [9.17, 15) is 9.59 Å². The summed E-state index contributed by atoms with van der Waals surface area (Å²) in [6.45, 7) is 0.347. The number of amides is 2. The fraction of sp³-hybridized carbons (Fsp3) is 0.429. The highest BCUT2D eigenvalue weighted by Crippen LogP contribution is 2.43. The summed E-state index contributed by atoms with van der Waals surface area (Å²) in [5.41, 5.74) is 0.181. The van der Waals surface area contributed by atoms with Gasteiger partial charge in [0, 0.05) is 22.3 Å². The second-order valence-corrected chi connectivity index (χ2v) is 6.26. The zero-order valence-corrected chi connectivity index (χ0v) is 12.8. The maximum atomic E-state index is 11.9. The van der Waals surface area contributed by atoms with Crippen LogP contribution in [0, 0.1) is 5.41 Å². The Morgan fingerprint density at radius 3 is 2.29 bits per heavy atom. The van der Waals surface area contributed by atoms with Crippen molar-refractivity contribution in [3.63, 3.8) is 0 Å². The number of nitrogens with one attached hydrogen (secondary N) is 2. The minimum absolute atomic E-state index is 0.0796. The van der Waals surface area contributed by atoms with Gasteiger partial charge in [-0.1, -0.05) is 29.6 Å². The Kier molecular flexibility index (Phi) is 4.96. The number of carboxylic acid groups (broad SMARTS) is 1. The van der Waals surface area contributed by atoms with Gasteiger partial charge in [0.15, 0.2) is 0 Å². The van der Waals surface area contributed by atoms with Gasteiger partial charge in [0.1, 0.15) is 0 Å². The van der Waals surface area contributed by atoms with Crippen LogP contribution in [-0.2, 0) is 4.79 Å². The first-order chi connectivity index (χ1) is 9.88. The molecule has 0 bridgehead atoms. The average molecular weight is 331 g/mol. The quantitative estimate of drug-likeness (QED) is 0.769. The fourth-order valence-corrected chi connectivity index (χ4v) is 3.01. The van der Waals surface area contributed by atoms with E-state index < -0.39 is 12.0 Å². The normalized spacial score (nSPS) is 15.9. The van der Waals surface area contributed by atoms with Crippen LogP contribution in [0.15, 0.2) is 18.2 Å². The topological polar surface area (TPSA) is 78.4 Å². The van der Waals surface area contributed by atoms with Crippen molar-refractivity contribution in [2.75, 3.05) is 11.9 Å². The summed E-state index contributed by atoms with van der Waals surface area (Å²) < 4.78 is 0. The van der Waals surface area contributed by atoms with Crippen molar-refractivity contribution in [3.8, 4) is 0 Å². The van der Waals surface area contributed by atoms with Gasteiger partial charge in [0.05, 0.1) is 6.42 Å². The highest BCUT2D eigenvalue weighted by molar-refractivity contribution is 6.35. The maximum absolute atomic E-state index is 11.9. The van der Waals surface area contributed by atoms with E-state index in [1.165, 1.54) is 0 Å². The third-order valence-electron chi connectivity index (χ3n) is 3.68. The van der Waals surface area contributed by atoms with Crippen LogP contribution < -0.4 is 10.6 Å². The van der Waals surface area contributed by atoms with Gasteiger partial charge >= 0.3 is 12.0 Å². The molecule has 1 saturated carbocycles. The molecule has 2 rings (SSSR count). The monoisotopic (exact) mass is 330 g/mol. The lowest BCUT2D eigenvalue weighted by atomic mass is 9.66. The van der Waals surface area contributed by atoms with Crippen LogP contribution in [0.1, 0.15) is 25.7 Å². The Labute approximate surface area is 132 Å². The summed E-state index contributed by atoms with van der Waals surface area (Å²) in [5, 5.41) is 15.1. The Bertz CT molecular complexity index is 539. The Hall–Kier alpha value is -1.46. The van der Waals surface area contributed by atoms with E-state index in [-0.39, 0.29) is 11.8 Å². The molecule has 0 radical (unpaired) electrons. The maximum Gasteiger partial charge on any atom is 0.319 e. The van der Waals surface area contributed by atoms with Gasteiger partial charge in [0.2, 0.25) is 0 Å². The number of carboxylic acids is 1. The van der Waals surface area contributed by atoms with Gasteiger partial charge in [-0.3, -0.25) is 4.79 Å². The molecule has 5 nitrogen and oxygen atoms in total. The third-order valence-corrected chi connectivity index (χ3v) is 4.12. The van der Waals surface area contributed by atoms with Crippen molar-refractivity contribution < 1.29 is 14.7 Å². The summed E-state index contributed by atoms with van der Waals surface area (Å²) in [6.07, 6.45) is 2.72. The number of rotatable bonds is 5. The average Bonchev–Trinajstić information content (AvgIpc) is 2.30. The second kappa shape index (κ2) is 6.54. The number of aliphatic carboxylic acids is 1. The Balaban J connectivity index is 1.88. The predicted molar refractivity (Wildman–Crippen MR) is 82.0 cm³/mol. The first kappa shape index (κ1) is 15.9. The van der Waals surface area contributed by atoms with Gasteiger partial charge in [-0.05, 0) is 36.5 Å². The van der Waals surface area contributed by atoms with Gasteiger partial charge in [0.25, 0.3) is 0 Å². The number of carbonyl (C=O) groups is 2. The lowest BCUT2D eigenvalue weighted by Gasteiger charge is -2.40. The summed E-state index contributed by atoms with van der Waals surface area (Å²) in [5.74, 6) is -0.835. The Morgan fingerprint density at radius 1 is 1.19 bits per heavy atom. The SMILES string of the molecule is O=C(O)CC1(CNC(=O)Nc2cc(Cl)cc(Cl)c2)CCC1. The Morgan fingerprint density at radius 2 is 1.81 bits per heavy atom. The molecule has 1 aliphatic rings. The molecule has 7 heteroatoms. The zero-order valence-electron chi connectivity index (χ0n) is 11.3. The molecule has 114 valence electrons. The largest absolute Gasteiger partial charge is 0.481 e. The van der Waals surface area contributed by atoms with Crippen molar-refractivity contribution in [3.05, 3.63) is 28.2 Å². The number of halogens is 2. The highest BCUT2D eigenvalue weighted by atomic mass is 35.5. The first-order valence-corrected chi connectivity index (χ1v) is 7.37. The van der Waals surface area contributed by atoms with Gasteiger partial charge in [-0.2, -0.15) is 0 Å². The minimum Gasteiger partial charge on any atom is -0.481 e. The summed E-state index contributed by atoms with van der Waals surface area (Å²) in [4.78, 5) is 22.7. The molecule has 0 atom stereocenters. The number of benzene rings is 1. The van der Waals surface area contributed by atoms with Gasteiger partial charge in [-0.25, -0.2) is 4.79 Å². The summed E-state index contributed by atoms with van der Waals surface area (Å²) >= 11 is 11.7. The van der Waals surface area contributed by atoms with Gasteiger partial charge in [-0.15, -0.1) is 0 Å². The zero-order chi connectivity index (χ0) is 15.5.